The molecule has 78 heavy (non-hydrogen) atoms. The summed E-state index contributed by atoms with van der Waals surface area (Å²) >= 11 is 0. The number of nitrogens with one attached hydrogen (secondary N) is 3. The van der Waals surface area contributed by atoms with Crippen LogP contribution in [0.3, 0.4) is 0 Å². The van der Waals surface area contributed by atoms with Crippen molar-refractivity contribution in [1.29, 1.82) is 0 Å². The van der Waals surface area contributed by atoms with Gasteiger partial charge in [0.2, 0.25) is 23.6 Å². The number of carboxylic acid groups (broad SMARTS) is 1. The maximum atomic E-state index is 15.0. The van der Waals surface area contributed by atoms with Gasteiger partial charge in [0.25, 0.3) is 0 Å². The molecule has 1 unspecified atom stereocenters. The van der Waals surface area contributed by atoms with E-state index in [1.807, 2.05) is 106 Å². The summed E-state index contributed by atoms with van der Waals surface area (Å²) in [6, 6.07) is 26.1. The van der Waals surface area contributed by atoms with Crippen LogP contribution in [0.4, 0.5) is 14.4 Å². The van der Waals surface area contributed by atoms with Crippen molar-refractivity contribution in [1.82, 2.24) is 40.1 Å². The van der Waals surface area contributed by atoms with Crippen molar-refractivity contribution in [2.45, 2.75) is 142 Å². The Bertz CT molecular complexity index is 3040. The maximum absolute atomic E-state index is 15.0. The van der Waals surface area contributed by atoms with E-state index in [1.165, 1.54) is 26.3 Å². The van der Waals surface area contributed by atoms with E-state index in [0.29, 0.717) is 17.3 Å². The SMILES string of the molecule is COC[C@H](c1ccccc1)N(Cc1ccc2c(ccn2C(=O)N[C@H]2C[C@@H](C(=O)N[C@@H]3CCCc4ccccc43)N(C(=O)[C@@H](NC(=O)[C@H](C)N(C)C(=O)OC(C)(C)C)C(C)(C)C)C2)c1)C(=O)C1Cc2ccccc2CN1C(=O)O. The zero-order valence-corrected chi connectivity index (χ0v) is 46.2. The highest BCUT2D eigenvalue weighted by Gasteiger charge is 2.47. The van der Waals surface area contributed by atoms with Gasteiger partial charge in [-0.15, -0.1) is 0 Å². The fourth-order valence-corrected chi connectivity index (χ4v) is 10.9. The molecule has 18 heteroatoms. The normalized spacial score (nSPS) is 19.3. The fraction of sp³-hybridized carbons (Fsp3) is 0.450. The summed E-state index contributed by atoms with van der Waals surface area (Å²) in [5.74, 6) is -1.85. The summed E-state index contributed by atoms with van der Waals surface area (Å²) in [6.45, 7) is 12.4. The predicted molar refractivity (Wildman–Crippen MR) is 294 cm³/mol. The number of carbonyl (C=O) groups is 7. The first-order valence-electron chi connectivity index (χ1n) is 26.8. The molecule has 4 aromatic carbocycles. The van der Waals surface area contributed by atoms with Gasteiger partial charge in [0.15, 0.2) is 0 Å². The number of benzene rings is 4. The molecule has 0 radical (unpaired) electrons. The van der Waals surface area contributed by atoms with E-state index < -0.39 is 77.3 Å². The Morgan fingerprint density at radius 3 is 2.17 bits per heavy atom. The van der Waals surface area contributed by atoms with Crippen molar-refractivity contribution in [3.63, 3.8) is 0 Å². The minimum atomic E-state index is -1.19. The van der Waals surface area contributed by atoms with Crippen LogP contribution in [0.15, 0.2) is 109 Å². The molecule has 1 aromatic heterocycles. The van der Waals surface area contributed by atoms with Crippen LogP contribution >= 0.6 is 0 Å². The standard InChI is InChI=1S/C60H74N8O10/c1-37(64(8)58(76)78-60(5,6)7)52(69)63-51(59(2,3)4)55(72)67-35-44(32-48(67)53(70)62-46-25-17-23-39-18-15-16-24-45(39)46)61-56(73)65-29-28-42-30-38(26-27-47(42)65)33-66(50(36-77-9)40-19-11-10-12-20-40)54(71)49-31-41-21-13-14-22-43(41)34-68(49)57(74)75/h10-16,18-22,24,26-30,37,44,46,48-51H,17,23,25,31-36H2,1-9H3,(H,61,73)(H,62,70)(H,63,69)(H,74,75)/t37-,44-,46+,48-,49?,50+,51+/m0/s1. The van der Waals surface area contributed by atoms with Gasteiger partial charge in [-0.05, 0) is 110 Å². The highest BCUT2D eigenvalue weighted by Crippen LogP contribution is 2.34. The van der Waals surface area contributed by atoms with Gasteiger partial charge in [0.1, 0.15) is 29.8 Å². The molecule has 4 N–H and O–H groups in total. The molecule has 8 rings (SSSR count). The van der Waals surface area contributed by atoms with Gasteiger partial charge >= 0.3 is 18.2 Å². The Morgan fingerprint density at radius 1 is 0.808 bits per heavy atom. The van der Waals surface area contributed by atoms with Crippen molar-refractivity contribution >= 4 is 52.7 Å². The average Bonchev–Trinajstić information content (AvgIpc) is 4.14. The lowest BCUT2D eigenvalue weighted by molar-refractivity contribution is -0.144. The van der Waals surface area contributed by atoms with Crippen molar-refractivity contribution in [3.05, 3.63) is 143 Å². The van der Waals surface area contributed by atoms with Crippen LogP contribution < -0.4 is 16.0 Å². The van der Waals surface area contributed by atoms with Gasteiger partial charge in [0.05, 0.1) is 36.8 Å². The lowest BCUT2D eigenvalue weighted by atomic mass is 9.85. The molecule has 1 saturated heterocycles. The number of nitrogens with zero attached hydrogens (tertiary/aromatic N) is 5. The summed E-state index contributed by atoms with van der Waals surface area (Å²) in [6.07, 6.45) is 2.50. The number of hydrogen-bond donors (Lipinski definition) is 4. The zero-order chi connectivity index (χ0) is 56.2. The van der Waals surface area contributed by atoms with Gasteiger partial charge in [-0.2, -0.15) is 0 Å². The van der Waals surface area contributed by atoms with Crippen LogP contribution in [0, 0.1) is 5.41 Å². The average molecular weight is 1070 g/mol. The van der Waals surface area contributed by atoms with Gasteiger partial charge in [-0.3, -0.25) is 33.5 Å². The van der Waals surface area contributed by atoms with E-state index in [1.54, 1.807) is 58.0 Å². The quantitative estimate of drug-likeness (QED) is 0.0842. The maximum Gasteiger partial charge on any atom is 0.410 e. The van der Waals surface area contributed by atoms with Crippen molar-refractivity contribution in [2.75, 3.05) is 27.3 Å². The number of fused-ring (bicyclic) bond motifs is 3. The van der Waals surface area contributed by atoms with E-state index in [-0.39, 0.29) is 56.9 Å². The monoisotopic (exact) mass is 1070 g/mol. The summed E-state index contributed by atoms with van der Waals surface area (Å²) in [7, 11) is 3.01. The number of amides is 7. The number of hydrogen-bond acceptors (Lipinski definition) is 9. The summed E-state index contributed by atoms with van der Waals surface area (Å²) in [4.78, 5) is 104. The second-order valence-electron chi connectivity index (χ2n) is 22.9. The number of ether oxygens (including phenoxy) is 2. The Hall–Kier alpha value is -7.73. The Balaban J connectivity index is 1.04. The highest BCUT2D eigenvalue weighted by atomic mass is 16.6. The lowest BCUT2D eigenvalue weighted by Crippen LogP contribution is -2.60. The van der Waals surface area contributed by atoms with Gasteiger partial charge in [-0.25, -0.2) is 14.4 Å². The first-order chi connectivity index (χ1) is 37.0. The minimum Gasteiger partial charge on any atom is -0.465 e. The Labute approximate surface area is 456 Å². The number of carbonyl (C=O) groups excluding carboxylic acids is 6. The summed E-state index contributed by atoms with van der Waals surface area (Å²) in [5.41, 5.74) is 4.38. The van der Waals surface area contributed by atoms with E-state index in [9.17, 15) is 33.9 Å². The molecule has 5 aromatic rings. The molecule has 414 valence electrons. The second kappa shape index (κ2) is 23.5. The predicted octanol–water partition coefficient (Wildman–Crippen LogP) is 7.97. The number of aryl methyl sites for hydroxylation is 1. The number of aromatic nitrogens is 1. The zero-order valence-electron chi connectivity index (χ0n) is 46.2. The van der Waals surface area contributed by atoms with Gasteiger partial charge in [-0.1, -0.05) is 106 Å². The van der Waals surface area contributed by atoms with Crippen molar-refractivity contribution < 1.29 is 48.1 Å². The molecule has 7 amide bonds. The van der Waals surface area contributed by atoms with Gasteiger partial charge < -0.3 is 40.3 Å². The fourth-order valence-electron chi connectivity index (χ4n) is 10.9. The van der Waals surface area contributed by atoms with Gasteiger partial charge in [0, 0.05) is 45.3 Å². The van der Waals surface area contributed by atoms with Crippen LogP contribution in [0.2, 0.25) is 0 Å². The molecule has 0 saturated carbocycles. The Morgan fingerprint density at radius 2 is 1.49 bits per heavy atom. The largest absolute Gasteiger partial charge is 0.465 e. The number of rotatable bonds is 14. The van der Waals surface area contributed by atoms with Crippen LogP contribution in [0.25, 0.3) is 10.9 Å². The summed E-state index contributed by atoms with van der Waals surface area (Å²) in [5, 5.41) is 20.3. The third-order valence-corrected chi connectivity index (χ3v) is 15.2. The number of likely N-dealkylation sites (N-methyl/N-ethyl adjacent to an activating group) is 1. The molecule has 3 aliphatic rings. The van der Waals surface area contributed by atoms with E-state index >= 15 is 4.79 Å². The Kier molecular flexibility index (Phi) is 17.0. The van der Waals surface area contributed by atoms with Crippen LogP contribution in [0.1, 0.15) is 113 Å². The molecule has 2 aliphatic heterocycles. The molecular weight excluding hydrogens is 993 g/mol. The molecule has 1 fully saturated rings. The topological polar surface area (TPSA) is 212 Å². The molecule has 0 spiro atoms. The third-order valence-electron chi connectivity index (χ3n) is 15.2. The van der Waals surface area contributed by atoms with Crippen LogP contribution in [0.5, 0.6) is 0 Å². The van der Waals surface area contributed by atoms with Crippen LogP contribution in [-0.2, 0) is 54.6 Å². The van der Waals surface area contributed by atoms with Crippen LogP contribution in [-0.4, -0.2) is 134 Å². The molecule has 1 aliphatic carbocycles. The van der Waals surface area contributed by atoms with E-state index in [0.717, 1.165) is 46.2 Å². The first-order valence-corrected chi connectivity index (χ1v) is 26.8. The van der Waals surface area contributed by atoms with E-state index in [2.05, 4.69) is 22.0 Å². The number of likely N-dealkylation sites (tertiary alicyclic amines) is 1. The summed E-state index contributed by atoms with van der Waals surface area (Å²) < 4.78 is 12.7. The molecule has 3 heterocycles. The molecule has 7 atom stereocenters. The molecule has 18 nitrogen and oxygen atoms in total. The highest BCUT2D eigenvalue weighted by molar-refractivity contribution is 5.96. The molecule has 0 bridgehead atoms. The lowest BCUT2D eigenvalue weighted by Gasteiger charge is -2.40. The first kappa shape index (κ1) is 56.5. The number of methoxy groups -OCH3 is 1. The second-order valence-corrected chi connectivity index (χ2v) is 22.9. The van der Waals surface area contributed by atoms with Crippen molar-refractivity contribution in [3.8, 4) is 0 Å². The minimum absolute atomic E-state index is 0.0388. The van der Waals surface area contributed by atoms with E-state index in [4.69, 9.17) is 9.47 Å². The third kappa shape index (κ3) is 12.7. The molecular formula is C60H74N8O10. The smallest absolute Gasteiger partial charge is 0.410 e. The van der Waals surface area contributed by atoms with Crippen molar-refractivity contribution in [2.24, 2.45) is 5.41 Å².